The first-order chi connectivity index (χ1) is 5.93. The zero-order valence-corrected chi connectivity index (χ0v) is 7.73. The van der Waals surface area contributed by atoms with Crippen molar-refractivity contribution < 1.29 is 0 Å². The fourth-order valence-electron chi connectivity index (χ4n) is 1.52. The van der Waals surface area contributed by atoms with Crippen LogP contribution < -0.4 is 5.32 Å². The van der Waals surface area contributed by atoms with Crippen LogP contribution >= 0.6 is 11.3 Å². The third-order valence-corrected chi connectivity index (χ3v) is 3.67. The topological polar surface area (TPSA) is 24.9 Å². The van der Waals surface area contributed by atoms with Crippen LogP contribution in [-0.2, 0) is 0 Å². The Morgan fingerprint density at radius 3 is 2.83 bits per heavy atom. The molecule has 1 aliphatic heterocycles. The standard InChI is InChI=1S/C9H12N2S/c1-2-6(1)9-11-8(5-12-9)7-3-4-10-7/h5-7,10H,1-4H2. The van der Waals surface area contributed by atoms with E-state index in [-0.39, 0.29) is 0 Å². The van der Waals surface area contributed by atoms with Gasteiger partial charge in [0.25, 0.3) is 0 Å². The molecular weight excluding hydrogens is 168 g/mol. The molecule has 3 rings (SSSR count). The van der Waals surface area contributed by atoms with Crippen LogP contribution in [-0.4, -0.2) is 11.5 Å². The normalized spacial score (nSPS) is 28.5. The van der Waals surface area contributed by atoms with Crippen molar-refractivity contribution in [1.82, 2.24) is 10.3 Å². The largest absolute Gasteiger partial charge is 0.308 e. The maximum absolute atomic E-state index is 4.65. The van der Waals surface area contributed by atoms with Gasteiger partial charge in [-0.3, -0.25) is 0 Å². The minimum Gasteiger partial charge on any atom is -0.308 e. The monoisotopic (exact) mass is 180 g/mol. The summed E-state index contributed by atoms with van der Waals surface area (Å²) < 4.78 is 0. The van der Waals surface area contributed by atoms with Crippen LogP contribution in [0.2, 0.25) is 0 Å². The van der Waals surface area contributed by atoms with E-state index in [9.17, 15) is 0 Å². The van der Waals surface area contributed by atoms with Crippen molar-refractivity contribution in [2.24, 2.45) is 0 Å². The number of hydrogen-bond acceptors (Lipinski definition) is 3. The van der Waals surface area contributed by atoms with E-state index in [1.54, 1.807) is 0 Å². The molecule has 1 aromatic heterocycles. The zero-order chi connectivity index (χ0) is 7.97. The highest BCUT2D eigenvalue weighted by Crippen LogP contribution is 2.42. The first-order valence-electron chi connectivity index (χ1n) is 4.62. The molecule has 2 aliphatic rings. The minimum absolute atomic E-state index is 0.578. The molecule has 3 heteroatoms. The molecule has 0 aromatic carbocycles. The van der Waals surface area contributed by atoms with Crippen LogP contribution in [0.25, 0.3) is 0 Å². The van der Waals surface area contributed by atoms with Gasteiger partial charge in [0.1, 0.15) is 0 Å². The second-order valence-corrected chi connectivity index (χ2v) is 4.57. The molecule has 1 aromatic rings. The molecule has 0 radical (unpaired) electrons. The number of rotatable bonds is 2. The summed E-state index contributed by atoms with van der Waals surface area (Å²) in [4.78, 5) is 4.65. The number of nitrogens with one attached hydrogen (secondary N) is 1. The molecule has 64 valence electrons. The van der Waals surface area contributed by atoms with Crippen molar-refractivity contribution in [1.29, 1.82) is 0 Å². The highest BCUT2D eigenvalue weighted by atomic mass is 32.1. The highest BCUT2D eigenvalue weighted by molar-refractivity contribution is 7.09. The fraction of sp³-hybridized carbons (Fsp3) is 0.667. The third kappa shape index (κ3) is 1.08. The lowest BCUT2D eigenvalue weighted by atomic mass is 10.1. The van der Waals surface area contributed by atoms with Crippen LogP contribution in [0, 0.1) is 0 Å². The molecule has 2 nitrogen and oxygen atoms in total. The SMILES string of the molecule is c1sc(C2CC2)nc1C1CCN1. The summed E-state index contributed by atoms with van der Waals surface area (Å²) in [5, 5.41) is 6.98. The summed E-state index contributed by atoms with van der Waals surface area (Å²) in [5.41, 5.74) is 1.29. The van der Waals surface area contributed by atoms with E-state index in [1.807, 2.05) is 11.3 Å². The first-order valence-corrected chi connectivity index (χ1v) is 5.50. The Labute approximate surface area is 76.0 Å². The summed E-state index contributed by atoms with van der Waals surface area (Å²) in [6.45, 7) is 1.17. The molecule has 1 unspecified atom stereocenters. The van der Waals surface area contributed by atoms with E-state index >= 15 is 0 Å². The van der Waals surface area contributed by atoms with E-state index in [0.717, 1.165) is 5.92 Å². The van der Waals surface area contributed by atoms with Crippen LogP contribution in [0.1, 0.15) is 41.9 Å². The third-order valence-electron chi connectivity index (χ3n) is 2.65. The Kier molecular flexibility index (Phi) is 1.49. The van der Waals surface area contributed by atoms with Crippen molar-refractivity contribution in [3.63, 3.8) is 0 Å². The lowest BCUT2D eigenvalue weighted by Gasteiger charge is -2.25. The van der Waals surface area contributed by atoms with Crippen molar-refractivity contribution >= 4 is 11.3 Å². The van der Waals surface area contributed by atoms with Crippen molar-refractivity contribution in [2.45, 2.75) is 31.2 Å². The van der Waals surface area contributed by atoms with Crippen molar-refractivity contribution in [2.75, 3.05) is 6.54 Å². The summed E-state index contributed by atoms with van der Waals surface area (Å²) >= 11 is 1.85. The summed E-state index contributed by atoms with van der Waals surface area (Å²) in [6.07, 6.45) is 4.00. The number of nitrogens with zero attached hydrogens (tertiary/aromatic N) is 1. The molecule has 1 atom stereocenters. The Hall–Kier alpha value is -0.410. The summed E-state index contributed by atoms with van der Waals surface area (Å²) in [6, 6.07) is 0.578. The van der Waals surface area contributed by atoms with Gasteiger partial charge in [0.05, 0.1) is 16.7 Å². The number of hydrogen-bond donors (Lipinski definition) is 1. The molecule has 12 heavy (non-hydrogen) atoms. The average molecular weight is 180 g/mol. The van der Waals surface area contributed by atoms with Crippen LogP contribution in [0.3, 0.4) is 0 Å². The summed E-state index contributed by atoms with van der Waals surface area (Å²) in [7, 11) is 0. The first kappa shape index (κ1) is 7.04. The van der Waals surface area contributed by atoms with Crippen LogP contribution in [0.4, 0.5) is 0 Å². The smallest absolute Gasteiger partial charge is 0.0959 e. The highest BCUT2D eigenvalue weighted by Gasteiger charge is 2.28. The van der Waals surface area contributed by atoms with Gasteiger partial charge >= 0.3 is 0 Å². The Balaban J connectivity index is 1.81. The molecular formula is C9H12N2S. The van der Waals surface area contributed by atoms with Gasteiger partial charge in [-0.2, -0.15) is 0 Å². The molecule has 2 heterocycles. The van der Waals surface area contributed by atoms with Gasteiger partial charge < -0.3 is 5.32 Å². The van der Waals surface area contributed by atoms with E-state index in [2.05, 4.69) is 15.7 Å². The lowest BCUT2D eigenvalue weighted by Crippen LogP contribution is -2.35. The van der Waals surface area contributed by atoms with Gasteiger partial charge in [0.15, 0.2) is 0 Å². The van der Waals surface area contributed by atoms with Gasteiger partial charge in [-0.05, 0) is 25.8 Å². The van der Waals surface area contributed by atoms with Crippen LogP contribution in [0.15, 0.2) is 5.38 Å². The minimum atomic E-state index is 0.578. The van der Waals surface area contributed by atoms with Crippen LogP contribution in [0.5, 0.6) is 0 Å². The second-order valence-electron chi connectivity index (χ2n) is 3.68. The van der Waals surface area contributed by atoms with Gasteiger partial charge in [-0.15, -0.1) is 11.3 Å². The van der Waals surface area contributed by atoms with E-state index in [1.165, 1.54) is 36.5 Å². The Bertz CT molecular complexity index is 286. The average Bonchev–Trinajstić information content (AvgIpc) is 2.70. The molecule has 1 saturated heterocycles. The molecule has 1 N–H and O–H groups in total. The predicted molar refractivity (Wildman–Crippen MR) is 49.4 cm³/mol. The second kappa shape index (κ2) is 2.54. The molecule has 2 fully saturated rings. The van der Waals surface area contributed by atoms with Crippen molar-refractivity contribution in [3.05, 3.63) is 16.1 Å². The van der Waals surface area contributed by atoms with Gasteiger partial charge in [0, 0.05) is 11.3 Å². The molecule has 0 bridgehead atoms. The van der Waals surface area contributed by atoms with E-state index in [0.29, 0.717) is 6.04 Å². The van der Waals surface area contributed by atoms with Crippen molar-refractivity contribution in [3.8, 4) is 0 Å². The van der Waals surface area contributed by atoms with Gasteiger partial charge in [-0.25, -0.2) is 4.98 Å². The molecule has 0 amide bonds. The Morgan fingerprint density at radius 1 is 1.42 bits per heavy atom. The maximum Gasteiger partial charge on any atom is 0.0959 e. The number of thiazole rings is 1. The molecule has 1 saturated carbocycles. The van der Waals surface area contributed by atoms with E-state index in [4.69, 9.17) is 0 Å². The fourth-order valence-corrected chi connectivity index (χ4v) is 2.56. The zero-order valence-electron chi connectivity index (χ0n) is 6.92. The van der Waals surface area contributed by atoms with Gasteiger partial charge in [0.2, 0.25) is 0 Å². The predicted octanol–water partition coefficient (Wildman–Crippen LogP) is 2.05. The Morgan fingerprint density at radius 2 is 2.25 bits per heavy atom. The summed E-state index contributed by atoms with van der Waals surface area (Å²) in [5.74, 6) is 0.823. The maximum atomic E-state index is 4.65. The lowest BCUT2D eigenvalue weighted by molar-refractivity contribution is 0.376. The van der Waals surface area contributed by atoms with Gasteiger partial charge in [-0.1, -0.05) is 0 Å². The molecule has 0 spiro atoms. The number of aromatic nitrogens is 1. The van der Waals surface area contributed by atoms with E-state index < -0.39 is 0 Å². The quantitative estimate of drug-likeness (QED) is 0.753. The molecule has 1 aliphatic carbocycles.